The number of carbonyl (C=O) groups is 1. The number of anilines is 2. The van der Waals surface area contributed by atoms with Crippen molar-refractivity contribution in [2.45, 2.75) is 19.5 Å². The lowest BCUT2D eigenvalue weighted by molar-refractivity contribution is 0.0975. The van der Waals surface area contributed by atoms with Crippen molar-refractivity contribution in [1.82, 2.24) is 0 Å². The van der Waals surface area contributed by atoms with Crippen molar-refractivity contribution in [2.24, 2.45) is 0 Å². The van der Waals surface area contributed by atoms with E-state index in [9.17, 15) is 4.79 Å². The minimum atomic E-state index is -0.252. The zero-order valence-electron chi connectivity index (χ0n) is 14.4. The number of amides is 1. The van der Waals surface area contributed by atoms with Gasteiger partial charge in [-0.2, -0.15) is 0 Å². The van der Waals surface area contributed by atoms with E-state index in [0.29, 0.717) is 5.56 Å². The summed E-state index contributed by atoms with van der Waals surface area (Å²) in [5.74, 6) is 0.0107. The summed E-state index contributed by atoms with van der Waals surface area (Å²) < 4.78 is 1.02. The van der Waals surface area contributed by atoms with E-state index in [1.165, 1.54) is 5.56 Å². The highest BCUT2D eigenvalue weighted by atomic mass is 79.9. The monoisotopic (exact) mass is 406 g/mol. The molecule has 3 aromatic rings. The fourth-order valence-corrected chi connectivity index (χ4v) is 3.55. The zero-order chi connectivity index (χ0) is 18.1. The van der Waals surface area contributed by atoms with Crippen molar-refractivity contribution in [1.29, 1.82) is 0 Å². The Bertz CT molecular complexity index is 935. The molecular formula is C22H19BrN2O. The second-order valence-electron chi connectivity index (χ2n) is 6.34. The Hall–Kier alpha value is -2.59. The molecule has 4 heteroatoms. The highest BCUT2D eigenvalue weighted by Gasteiger charge is 2.33. The molecule has 1 amide bonds. The predicted octanol–water partition coefficient (Wildman–Crippen LogP) is 5.78. The van der Waals surface area contributed by atoms with Crippen LogP contribution in [0.3, 0.4) is 0 Å². The van der Waals surface area contributed by atoms with Crippen LogP contribution in [-0.4, -0.2) is 5.91 Å². The van der Waals surface area contributed by atoms with Crippen LogP contribution in [0.15, 0.2) is 77.3 Å². The van der Waals surface area contributed by atoms with Gasteiger partial charge >= 0.3 is 0 Å². The zero-order valence-corrected chi connectivity index (χ0v) is 16.0. The Morgan fingerprint density at radius 1 is 0.962 bits per heavy atom. The average molecular weight is 407 g/mol. The van der Waals surface area contributed by atoms with Crippen molar-refractivity contribution in [3.63, 3.8) is 0 Å². The molecule has 0 aliphatic carbocycles. The molecule has 1 N–H and O–H groups in total. The SMILES string of the molecule is CCc1ccc(N2C(=O)c3ccccc3N[C@H]2c2ccc(Br)cc2)cc1. The van der Waals surface area contributed by atoms with Gasteiger partial charge in [0.15, 0.2) is 0 Å². The highest BCUT2D eigenvalue weighted by molar-refractivity contribution is 9.10. The molecule has 1 aliphatic rings. The molecule has 0 fully saturated rings. The molecular weight excluding hydrogens is 388 g/mol. The van der Waals surface area contributed by atoms with E-state index in [-0.39, 0.29) is 12.1 Å². The summed E-state index contributed by atoms with van der Waals surface area (Å²) in [5.41, 5.74) is 4.75. The lowest BCUT2D eigenvalue weighted by Crippen LogP contribution is -2.43. The maximum Gasteiger partial charge on any atom is 0.262 e. The van der Waals surface area contributed by atoms with Gasteiger partial charge in [0, 0.05) is 15.8 Å². The summed E-state index contributed by atoms with van der Waals surface area (Å²) in [6.45, 7) is 2.13. The quantitative estimate of drug-likeness (QED) is 0.597. The molecule has 0 saturated heterocycles. The van der Waals surface area contributed by atoms with Gasteiger partial charge in [-0.15, -0.1) is 0 Å². The molecule has 1 heterocycles. The van der Waals surface area contributed by atoms with Gasteiger partial charge in [0.25, 0.3) is 5.91 Å². The first-order chi connectivity index (χ1) is 12.7. The average Bonchev–Trinajstić information content (AvgIpc) is 2.69. The molecule has 0 bridgehead atoms. The van der Waals surface area contributed by atoms with E-state index in [1.54, 1.807) is 0 Å². The van der Waals surface area contributed by atoms with Crippen LogP contribution in [0, 0.1) is 0 Å². The predicted molar refractivity (Wildman–Crippen MR) is 110 cm³/mol. The van der Waals surface area contributed by atoms with Gasteiger partial charge < -0.3 is 5.32 Å². The van der Waals surface area contributed by atoms with E-state index in [1.807, 2.05) is 65.6 Å². The molecule has 1 atom stereocenters. The van der Waals surface area contributed by atoms with Crippen molar-refractivity contribution in [3.8, 4) is 0 Å². The van der Waals surface area contributed by atoms with E-state index in [0.717, 1.165) is 27.8 Å². The van der Waals surface area contributed by atoms with Crippen LogP contribution < -0.4 is 10.2 Å². The summed E-state index contributed by atoms with van der Waals surface area (Å²) in [5, 5.41) is 3.53. The number of benzene rings is 3. The topological polar surface area (TPSA) is 32.3 Å². The number of halogens is 1. The largest absolute Gasteiger partial charge is 0.360 e. The molecule has 0 spiro atoms. The molecule has 0 aromatic heterocycles. The third-order valence-electron chi connectivity index (χ3n) is 4.74. The van der Waals surface area contributed by atoms with Crippen LogP contribution in [0.5, 0.6) is 0 Å². The first-order valence-corrected chi connectivity index (χ1v) is 9.50. The van der Waals surface area contributed by atoms with Crippen LogP contribution in [0.25, 0.3) is 0 Å². The normalized spacial score (nSPS) is 16.2. The van der Waals surface area contributed by atoms with Crippen LogP contribution in [0.1, 0.15) is 34.6 Å². The Labute approximate surface area is 161 Å². The van der Waals surface area contributed by atoms with E-state index < -0.39 is 0 Å². The Morgan fingerprint density at radius 3 is 2.35 bits per heavy atom. The van der Waals surface area contributed by atoms with Gasteiger partial charge in [0.1, 0.15) is 6.17 Å². The maximum atomic E-state index is 13.3. The molecule has 3 aromatic carbocycles. The summed E-state index contributed by atoms with van der Waals surface area (Å²) in [6.07, 6.45) is 0.726. The van der Waals surface area contributed by atoms with Crippen molar-refractivity contribution in [2.75, 3.05) is 10.2 Å². The molecule has 4 rings (SSSR count). The van der Waals surface area contributed by atoms with E-state index in [4.69, 9.17) is 0 Å². The second-order valence-corrected chi connectivity index (χ2v) is 7.25. The molecule has 26 heavy (non-hydrogen) atoms. The van der Waals surface area contributed by atoms with Gasteiger partial charge in [-0.25, -0.2) is 0 Å². The number of fused-ring (bicyclic) bond motifs is 1. The number of aryl methyl sites for hydroxylation is 1. The molecule has 130 valence electrons. The Morgan fingerprint density at radius 2 is 1.65 bits per heavy atom. The van der Waals surface area contributed by atoms with Crippen molar-refractivity contribution < 1.29 is 4.79 Å². The first kappa shape index (κ1) is 16.9. The lowest BCUT2D eigenvalue weighted by atomic mass is 10.0. The van der Waals surface area contributed by atoms with Crippen molar-refractivity contribution in [3.05, 3.63) is 94.0 Å². The van der Waals surface area contributed by atoms with Crippen LogP contribution in [0.4, 0.5) is 11.4 Å². The number of para-hydroxylation sites is 1. The maximum absolute atomic E-state index is 13.3. The van der Waals surface area contributed by atoms with Gasteiger partial charge in [-0.1, -0.05) is 59.3 Å². The number of hydrogen-bond donors (Lipinski definition) is 1. The van der Waals surface area contributed by atoms with Crippen LogP contribution in [0.2, 0.25) is 0 Å². The summed E-state index contributed by atoms with van der Waals surface area (Å²) in [4.78, 5) is 15.1. The Kier molecular flexibility index (Phi) is 4.51. The van der Waals surface area contributed by atoms with Gasteiger partial charge in [0.2, 0.25) is 0 Å². The van der Waals surface area contributed by atoms with Crippen LogP contribution >= 0.6 is 15.9 Å². The third-order valence-corrected chi connectivity index (χ3v) is 5.26. The number of nitrogens with one attached hydrogen (secondary N) is 1. The smallest absolute Gasteiger partial charge is 0.262 e. The molecule has 1 aliphatic heterocycles. The van der Waals surface area contributed by atoms with E-state index >= 15 is 0 Å². The van der Waals surface area contributed by atoms with Gasteiger partial charge in [-0.05, 0) is 53.9 Å². The molecule has 0 radical (unpaired) electrons. The second kappa shape index (κ2) is 6.96. The van der Waals surface area contributed by atoms with Crippen LogP contribution in [-0.2, 0) is 6.42 Å². The fourth-order valence-electron chi connectivity index (χ4n) is 3.29. The molecule has 3 nitrogen and oxygen atoms in total. The number of nitrogens with zero attached hydrogens (tertiary/aromatic N) is 1. The van der Waals surface area contributed by atoms with E-state index in [2.05, 4.69) is 40.3 Å². The number of rotatable bonds is 3. The summed E-state index contributed by atoms with van der Waals surface area (Å²) in [6, 6.07) is 24.0. The van der Waals surface area contributed by atoms with Crippen molar-refractivity contribution >= 4 is 33.2 Å². The van der Waals surface area contributed by atoms with Gasteiger partial charge in [-0.3, -0.25) is 9.69 Å². The summed E-state index contributed by atoms with van der Waals surface area (Å²) in [7, 11) is 0. The minimum Gasteiger partial charge on any atom is -0.360 e. The summed E-state index contributed by atoms with van der Waals surface area (Å²) >= 11 is 3.48. The Balaban J connectivity index is 1.82. The highest BCUT2D eigenvalue weighted by Crippen LogP contribution is 2.36. The lowest BCUT2D eigenvalue weighted by Gasteiger charge is -2.38. The fraction of sp³-hybridized carbons (Fsp3) is 0.136. The standard InChI is InChI=1S/C22H19BrN2O/c1-2-15-7-13-18(14-8-15)25-21(16-9-11-17(23)12-10-16)24-20-6-4-3-5-19(20)22(25)26/h3-14,21,24H,2H2,1H3/t21-/m1/s1. The number of hydrogen-bond acceptors (Lipinski definition) is 2. The first-order valence-electron chi connectivity index (χ1n) is 8.71. The van der Waals surface area contributed by atoms with Gasteiger partial charge in [0.05, 0.1) is 5.56 Å². The number of carbonyl (C=O) groups excluding carboxylic acids is 1. The molecule has 0 unspecified atom stereocenters. The third kappa shape index (κ3) is 3.01. The minimum absolute atomic E-state index is 0.0107. The molecule has 0 saturated carbocycles.